The average Bonchev–Trinajstić information content (AvgIpc) is 2.43. The normalized spacial score (nSPS) is 29.3. The third kappa shape index (κ3) is 2.67. The van der Waals surface area contributed by atoms with E-state index in [-0.39, 0.29) is 17.8 Å². The number of nitrogens with zero attached hydrogens (tertiary/aromatic N) is 1. The number of benzene rings is 1. The van der Waals surface area contributed by atoms with Gasteiger partial charge in [-0.05, 0) is 66.0 Å². The van der Waals surface area contributed by atoms with Crippen LogP contribution in [0.1, 0.15) is 23.2 Å². The minimum absolute atomic E-state index is 0.112. The molecule has 102 valence electrons. The van der Waals surface area contributed by atoms with Gasteiger partial charge in [-0.3, -0.25) is 4.79 Å². The Labute approximate surface area is 120 Å². The van der Waals surface area contributed by atoms with Gasteiger partial charge < -0.3 is 10.2 Å². The van der Waals surface area contributed by atoms with Crippen LogP contribution in [0.2, 0.25) is 0 Å². The third-order valence-corrected chi connectivity index (χ3v) is 4.76. The molecule has 0 aromatic heterocycles. The maximum absolute atomic E-state index is 13.2. The van der Waals surface area contributed by atoms with E-state index in [0.717, 1.165) is 32.5 Å². The largest absolute Gasteiger partial charge is 0.348 e. The first-order valence-electron chi connectivity index (χ1n) is 6.62. The molecular formula is C14H16BrFN2O. The minimum atomic E-state index is -0.348. The second kappa shape index (κ2) is 5.21. The van der Waals surface area contributed by atoms with Gasteiger partial charge in [0.1, 0.15) is 5.82 Å². The van der Waals surface area contributed by atoms with Crippen LogP contribution in [-0.2, 0) is 0 Å². The predicted octanol–water partition coefficient (Wildman–Crippen LogP) is 2.41. The van der Waals surface area contributed by atoms with E-state index >= 15 is 0 Å². The number of hydrogen-bond acceptors (Lipinski definition) is 2. The molecule has 5 heteroatoms. The first kappa shape index (κ1) is 13.1. The molecule has 3 heterocycles. The van der Waals surface area contributed by atoms with E-state index in [0.29, 0.717) is 16.0 Å². The fourth-order valence-electron chi connectivity index (χ4n) is 3.02. The number of halogens is 2. The molecule has 3 aliphatic heterocycles. The van der Waals surface area contributed by atoms with Crippen molar-refractivity contribution in [3.8, 4) is 0 Å². The van der Waals surface area contributed by atoms with Gasteiger partial charge in [-0.2, -0.15) is 0 Å². The van der Waals surface area contributed by atoms with Crippen molar-refractivity contribution in [2.24, 2.45) is 5.92 Å². The van der Waals surface area contributed by atoms with Crippen molar-refractivity contribution in [2.75, 3.05) is 19.6 Å². The van der Waals surface area contributed by atoms with Crippen molar-refractivity contribution in [1.29, 1.82) is 0 Å². The van der Waals surface area contributed by atoms with E-state index in [4.69, 9.17) is 0 Å². The van der Waals surface area contributed by atoms with Crippen LogP contribution in [-0.4, -0.2) is 36.5 Å². The van der Waals surface area contributed by atoms with E-state index in [1.807, 2.05) is 0 Å². The van der Waals surface area contributed by atoms with E-state index in [2.05, 4.69) is 26.1 Å². The van der Waals surface area contributed by atoms with Gasteiger partial charge in [0.25, 0.3) is 5.91 Å². The summed E-state index contributed by atoms with van der Waals surface area (Å²) in [6.45, 7) is 3.25. The van der Waals surface area contributed by atoms with Crippen molar-refractivity contribution in [3.05, 3.63) is 34.1 Å². The number of piperidine rings is 3. The molecule has 1 N–H and O–H groups in total. The molecule has 1 unspecified atom stereocenters. The number of amides is 1. The first-order valence-corrected chi connectivity index (χ1v) is 7.41. The fraction of sp³-hybridized carbons (Fsp3) is 0.500. The molecule has 2 bridgehead atoms. The summed E-state index contributed by atoms with van der Waals surface area (Å²) in [5.74, 6) is 0.136. The molecule has 0 spiro atoms. The van der Waals surface area contributed by atoms with Crippen LogP contribution in [0, 0.1) is 11.7 Å². The van der Waals surface area contributed by atoms with Crippen molar-refractivity contribution in [2.45, 2.75) is 18.9 Å². The van der Waals surface area contributed by atoms with Gasteiger partial charge in [0.15, 0.2) is 0 Å². The topological polar surface area (TPSA) is 32.3 Å². The molecule has 19 heavy (non-hydrogen) atoms. The van der Waals surface area contributed by atoms with Crippen molar-refractivity contribution < 1.29 is 9.18 Å². The summed E-state index contributed by atoms with van der Waals surface area (Å²) >= 11 is 3.11. The number of rotatable bonds is 2. The zero-order valence-corrected chi connectivity index (χ0v) is 12.1. The highest BCUT2D eigenvalue weighted by atomic mass is 79.9. The molecule has 3 aliphatic rings. The van der Waals surface area contributed by atoms with Crippen LogP contribution in [0.25, 0.3) is 0 Å². The summed E-state index contributed by atoms with van der Waals surface area (Å²) in [4.78, 5) is 14.6. The van der Waals surface area contributed by atoms with Gasteiger partial charge in [0.2, 0.25) is 0 Å². The Morgan fingerprint density at radius 3 is 2.68 bits per heavy atom. The molecule has 1 aromatic carbocycles. The molecule has 4 rings (SSSR count). The average molecular weight is 327 g/mol. The summed E-state index contributed by atoms with van der Waals surface area (Å²) in [5.41, 5.74) is 0.504. The highest BCUT2D eigenvalue weighted by Gasteiger charge is 2.34. The molecule has 1 atom stereocenters. The molecule has 0 radical (unpaired) electrons. The van der Waals surface area contributed by atoms with Gasteiger partial charge >= 0.3 is 0 Å². The lowest BCUT2D eigenvalue weighted by atomic mass is 9.84. The van der Waals surface area contributed by atoms with Crippen LogP contribution in [0.5, 0.6) is 0 Å². The van der Waals surface area contributed by atoms with Gasteiger partial charge in [-0.25, -0.2) is 4.39 Å². The Bertz CT molecular complexity index is 500. The molecule has 0 saturated carbocycles. The number of nitrogens with one attached hydrogen (secondary N) is 1. The third-order valence-electron chi connectivity index (χ3n) is 4.15. The lowest BCUT2D eigenvalue weighted by Gasteiger charge is -2.44. The molecule has 3 nitrogen and oxygen atoms in total. The Balaban J connectivity index is 1.69. The zero-order valence-electron chi connectivity index (χ0n) is 10.5. The molecular weight excluding hydrogens is 311 g/mol. The van der Waals surface area contributed by atoms with E-state index < -0.39 is 0 Å². The van der Waals surface area contributed by atoms with Crippen LogP contribution in [0.3, 0.4) is 0 Å². The van der Waals surface area contributed by atoms with Gasteiger partial charge in [0.05, 0.1) is 4.47 Å². The summed E-state index contributed by atoms with van der Waals surface area (Å²) < 4.78 is 13.5. The standard InChI is InChI=1S/C14H16BrFN2O/c15-11-7-10(1-2-12(11)16)14(19)17-13-8-18-5-3-9(13)4-6-18/h1-2,7,9,13H,3-6,8H2,(H,17,19). The van der Waals surface area contributed by atoms with Crippen molar-refractivity contribution >= 4 is 21.8 Å². The van der Waals surface area contributed by atoms with Crippen LogP contribution in [0.4, 0.5) is 4.39 Å². The van der Waals surface area contributed by atoms with Crippen LogP contribution in [0.15, 0.2) is 22.7 Å². The maximum atomic E-state index is 13.2. The molecule has 3 fully saturated rings. The molecule has 3 saturated heterocycles. The Morgan fingerprint density at radius 2 is 2.11 bits per heavy atom. The van der Waals surface area contributed by atoms with Crippen LogP contribution >= 0.6 is 15.9 Å². The zero-order chi connectivity index (χ0) is 13.4. The maximum Gasteiger partial charge on any atom is 0.251 e. The number of hydrogen-bond donors (Lipinski definition) is 1. The van der Waals surface area contributed by atoms with Crippen molar-refractivity contribution in [3.63, 3.8) is 0 Å². The first-order chi connectivity index (χ1) is 9.13. The van der Waals surface area contributed by atoms with E-state index in [1.165, 1.54) is 18.2 Å². The molecule has 1 aromatic rings. The number of fused-ring (bicyclic) bond motifs is 3. The summed E-state index contributed by atoms with van der Waals surface area (Å²) in [7, 11) is 0. The van der Waals surface area contributed by atoms with Gasteiger partial charge in [-0.1, -0.05) is 0 Å². The van der Waals surface area contributed by atoms with Crippen LogP contribution < -0.4 is 5.32 Å². The van der Waals surface area contributed by atoms with Crippen molar-refractivity contribution in [1.82, 2.24) is 10.2 Å². The van der Waals surface area contributed by atoms with E-state index in [1.54, 1.807) is 0 Å². The summed E-state index contributed by atoms with van der Waals surface area (Å²) in [6, 6.07) is 4.61. The lowest BCUT2D eigenvalue weighted by Crippen LogP contribution is -2.57. The Kier molecular flexibility index (Phi) is 3.58. The predicted molar refractivity (Wildman–Crippen MR) is 74.5 cm³/mol. The Morgan fingerprint density at radius 1 is 1.37 bits per heavy atom. The molecule has 1 amide bonds. The molecule has 0 aliphatic carbocycles. The fourth-order valence-corrected chi connectivity index (χ4v) is 3.40. The second-order valence-electron chi connectivity index (χ2n) is 5.35. The SMILES string of the molecule is O=C(NC1CN2CCC1CC2)c1ccc(F)c(Br)c1. The highest BCUT2D eigenvalue weighted by Crippen LogP contribution is 2.27. The quantitative estimate of drug-likeness (QED) is 0.905. The second-order valence-corrected chi connectivity index (χ2v) is 6.20. The summed E-state index contributed by atoms with van der Waals surface area (Å²) in [5, 5.41) is 3.09. The minimum Gasteiger partial charge on any atom is -0.348 e. The number of carbonyl (C=O) groups is 1. The lowest BCUT2D eigenvalue weighted by molar-refractivity contribution is 0.0620. The smallest absolute Gasteiger partial charge is 0.251 e. The van der Waals surface area contributed by atoms with Gasteiger partial charge in [-0.15, -0.1) is 0 Å². The number of carbonyl (C=O) groups excluding carboxylic acids is 1. The summed E-state index contributed by atoms with van der Waals surface area (Å²) in [6.07, 6.45) is 2.33. The highest BCUT2D eigenvalue weighted by molar-refractivity contribution is 9.10. The van der Waals surface area contributed by atoms with E-state index in [9.17, 15) is 9.18 Å². The van der Waals surface area contributed by atoms with Gasteiger partial charge in [0, 0.05) is 18.2 Å². The monoisotopic (exact) mass is 326 g/mol. The Hall–Kier alpha value is -0.940.